The van der Waals surface area contributed by atoms with Crippen molar-refractivity contribution >= 4 is 5.91 Å². The van der Waals surface area contributed by atoms with Crippen LogP contribution in [0.15, 0.2) is 53.8 Å². The second-order valence-corrected chi connectivity index (χ2v) is 9.60. The molecule has 3 atom stereocenters. The summed E-state index contributed by atoms with van der Waals surface area (Å²) in [5.41, 5.74) is -1.34. The van der Waals surface area contributed by atoms with Crippen molar-refractivity contribution in [1.29, 1.82) is 5.26 Å². The van der Waals surface area contributed by atoms with E-state index in [1.54, 1.807) is 24.3 Å². The molecule has 5 N–H and O–H groups in total. The summed E-state index contributed by atoms with van der Waals surface area (Å²) in [7, 11) is 0. The van der Waals surface area contributed by atoms with Gasteiger partial charge in [-0.3, -0.25) is 4.79 Å². The summed E-state index contributed by atoms with van der Waals surface area (Å²) in [5, 5.41) is 43.5. The number of carbonyl (C=O) groups excluding carboxylic acids is 1. The Morgan fingerprint density at radius 2 is 2.00 bits per heavy atom. The molecule has 1 aliphatic carbocycles. The van der Waals surface area contributed by atoms with E-state index in [1.807, 2.05) is 12.1 Å². The number of allylic oxidation sites excluding steroid dienone is 3. The van der Waals surface area contributed by atoms with E-state index in [-0.39, 0.29) is 44.1 Å². The van der Waals surface area contributed by atoms with Crippen LogP contribution in [0, 0.1) is 11.3 Å². The molecule has 0 aromatic carbocycles. The van der Waals surface area contributed by atoms with Gasteiger partial charge >= 0.3 is 0 Å². The topological polar surface area (TPSA) is 151 Å². The van der Waals surface area contributed by atoms with Gasteiger partial charge in [0.25, 0.3) is 5.91 Å². The van der Waals surface area contributed by atoms with E-state index in [2.05, 4.69) is 21.4 Å². The fourth-order valence-corrected chi connectivity index (χ4v) is 5.17. The Bertz CT molecular complexity index is 1090. The van der Waals surface area contributed by atoms with Crippen LogP contribution in [-0.2, 0) is 4.74 Å². The number of nitrogens with zero attached hydrogens (tertiary/aromatic N) is 2. The second kappa shape index (κ2) is 10.3. The molecule has 0 saturated carbocycles. The summed E-state index contributed by atoms with van der Waals surface area (Å²) in [4.78, 5) is 18.8. The lowest BCUT2D eigenvalue weighted by atomic mass is 9.74. The van der Waals surface area contributed by atoms with Crippen LogP contribution in [0.25, 0.3) is 0 Å². The molecule has 2 bridgehead atoms. The molecule has 186 valence electrons. The second-order valence-electron chi connectivity index (χ2n) is 9.60. The lowest BCUT2D eigenvalue weighted by Crippen LogP contribution is -2.57. The monoisotopic (exact) mass is 480 g/mol. The summed E-state index contributed by atoms with van der Waals surface area (Å²) >= 11 is 0. The van der Waals surface area contributed by atoms with Gasteiger partial charge in [0.15, 0.2) is 11.5 Å². The average molecular weight is 481 g/mol. The third kappa shape index (κ3) is 5.46. The minimum Gasteiger partial charge on any atom is -0.393 e. The van der Waals surface area contributed by atoms with Gasteiger partial charge in [-0.05, 0) is 37.7 Å². The Hall–Kier alpha value is -3.03. The van der Waals surface area contributed by atoms with Crippen LogP contribution in [0.1, 0.15) is 61.3 Å². The number of hydrogen-bond donors (Lipinski definition) is 5. The molecule has 1 fully saturated rings. The number of ether oxygens (including phenoxy) is 1. The van der Waals surface area contributed by atoms with Crippen molar-refractivity contribution < 1.29 is 24.9 Å². The van der Waals surface area contributed by atoms with Gasteiger partial charge in [0.1, 0.15) is 17.3 Å². The number of nitriles is 1. The number of fused-ring (bicyclic) bond motifs is 2. The highest BCUT2D eigenvalue weighted by molar-refractivity contribution is 5.90. The number of rotatable bonds is 9. The van der Waals surface area contributed by atoms with E-state index in [0.29, 0.717) is 12.0 Å². The fraction of sp³-hybridized carbons (Fsp3) is 0.500. The van der Waals surface area contributed by atoms with Crippen LogP contribution in [0.4, 0.5) is 0 Å². The molecule has 9 nitrogen and oxygen atoms in total. The first-order chi connectivity index (χ1) is 16.8. The molecule has 1 saturated heterocycles. The third-order valence-electron chi connectivity index (χ3n) is 6.91. The summed E-state index contributed by atoms with van der Waals surface area (Å²) in [6.45, 7) is -0.429. The first kappa shape index (κ1) is 25.1. The van der Waals surface area contributed by atoms with Gasteiger partial charge < -0.3 is 30.4 Å². The normalized spacial score (nSPS) is 30.3. The number of aliphatic hydroxyl groups excluding tert-OH is 2. The molecule has 0 unspecified atom stereocenters. The van der Waals surface area contributed by atoms with Gasteiger partial charge in [0, 0.05) is 25.6 Å². The van der Waals surface area contributed by atoms with Crippen molar-refractivity contribution in [3.8, 4) is 6.07 Å². The van der Waals surface area contributed by atoms with Crippen LogP contribution in [-0.4, -0.2) is 67.8 Å². The highest BCUT2D eigenvalue weighted by atomic mass is 16.6. The highest BCUT2D eigenvalue weighted by Gasteiger charge is 2.57. The zero-order valence-electron chi connectivity index (χ0n) is 19.7. The summed E-state index contributed by atoms with van der Waals surface area (Å²) in [5.74, 6) is -0.394. The Morgan fingerprint density at radius 3 is 2.60 bits per heavy atom. The number of carbonyl (C=O) groups is 1. The van der Waals surface area contributed by atoms with Crippen molar-refractivity contribution in [2.75, 3.05) is 19.8 Å². The van der Waals surface area contributed by atoms with Gasteiger partial charge in [-0.15, -0.1) is 0 Å². The number of aliphatic hydroxyl groups is 3. The Kier molecular flexibility index (Phi) is 7.38. The maximum atomic E-state index is 12.3. The number of hydrogen-bond acceptors (Lipinski definition) is 7. The van der Waals surface area contributed by atoms with Crippen molar-refractivity contribution in [3.05, 3.63) is 65.3 Å². The minimum atomic E-state index is -1.34. The number of imidazole rings is 1. The molecule has 9 heteroatoms. The summed E-state index contributed by atoms with van der Waals surface area (Å²) in [6, 6.07) is 1.87. The van der Waals surface area contributed by atoms with E-state index in [4.69, 9.17) is 10.00 Å². The van der Waals surface area contributed by atoms with Crippen molar-refractivity contribution in [3.63, 3.8) is 0 Å². The van der Waals surface area contributed by atoms with Gasteiger partial charge in [0.05, 0.1) is 18.8 Å². The van der Waals surface area contributed by atoms with Crippen LogP contribution >= 0.6 is 0 Å². The number of amides is 1. The number of nitrogens with one attached hydrogen (secondary N) is 2. The fourth-order valence-electron chi connectivity index (χ4n) is 5.17. The van der Waals surface area contributed by atoms with Crippen LogP contribution in [0.3, 0.4) is 0 Å². The van der Waals surface area contributed by atoms with Gasteiger partial charge in [-0.1, -0.05) is 42.0 Å². The molecule has 2 aliphatic heterocycles. The Labute approximate surface area is 204 Å². The van der Waals surface area contributed by atoms with Crippen molar-refractivity contribution in [2.45, 2.75) is 61.7 Å². The predicted molar refractivity (Wildman–Crippen MR) is 128 cm³/mol. The molecule has 0 radical (unpaired) electrons. The average Bonchev–Trinajstić information content (AvgIpc) is 3.47. The van der Waals surface area contributed by atoms with Gasteiger partial charge in [-0.25, -0.2) is 4.98 Å². The molecule has 1 amide bonds. The van der Waals surface area contributed by atoms with E-state index in [1.165, 1.54) is 18.2 Å². The zero-order valence-corrected chi connectivity index (χ0v) is 19.7. The molecule has 1 aromatic rings. The van der Waals surface area contributed by atoms with E-state index in [0.717, 1.165) is 19.3 Å². The molecule has 4 rings (SSSR count). The third-order valence-corrected chi connectivity index (χ3v) is 6.91. The summed E-state index contributed by atoms with van der Waals surface area (Å²) < 4.78 is 6.00. The number of H-pyrrole nitrogens is 1. The van der Waals surface area contributed by atoms with Crippen LogP contribution in [0.5, 0.6) is 0 Å². The van der Waals surface area contributed by atoms with Crippen molar-refractivity contribution in [1.82, 2.24) is 15.3 Å². The molecular weight excluding hydrogens is 448 g/mol. The standard InChI is InChI=1S/C26H32N4O5/c27-13-21-14-29-22(30-21)23(33)28-12-4-7-20(9-8-19-5-2-1-3-6-19)26(34)15-24(17-31)10-11-25(16-26,18-32)35-24/h4-5,7,9-11,14,31-32,34H,1-3,6,8,12,15-18H2,(H,28,33)(H,29,30)/b7-4-,20-9+/t24-,25+,26+. The molecule has 35 heavy (non-hydrogen) atoms. The quantitative estimate of drug-likeness (QED) is 0.268. The number of aromatic nitrogens is 2. The Morgan fingerprint density at radius 1 is 1.26 bits per heavy atom. The van der Waals surface area contributed by atoms with Crippen molar-refractivity contribution in [2.24, 2.45) is 0 Å². The van der Waals surface area contributed by atoms with E-state index >= 15 is 0 Å². The largest absolute Gasteiger partial charge is 0.393 e. The maximum absolute atomic E-state index is 12.3. The first-order valence-electron chi connectivity index (χ1n) is 12.0. The van der Waals surface area contributed by atoms with E-state index < -0.39 is 22.7 Å². The highest BCUT2D eigenvalue weighted by Crippen LogP contribution is 2.50. The van der Waals surface area contributed by atoms with Crippen LogP contribution < -0.4 is 5.32 Å². The van der Waals surface area contributed by atoms with Gasteiger partial charge in [0.2, 0.25) is 0 Å². The predicted octanol–water partition coefficient (Wildman–Crippen LogP) is 1.96. The molecule has 3 aliphatic rings. The lowest BCUT2D eigenvalue weighted by molar-refractivity contribution is -0.206. The smallest absolute Gasteiger partial charge is 0.287 e. The minimum absolute atomic E-state index is 0.0513. The summed E-state index contributed by atoms with van der Waals surface area (Å²) in [6.07, 6.45) is 18.1. The molecular formula is C26H32N4O5. The molecule has 1 aromatic heterocycles. The maximum Gasteiger partial charge on any atom is 0.287 e. The SMILES string of the molecule is N#Cc1c[nH]c(C(=O)NC/C=C\C(=C/CC2=CCCCC2)[C@]2(O)C[C@@]3(CO)C=C[C@@](CO)(C2)O3)n1. The Balaban J connectivity index is 1.52. The van der Waals surface area contributed by atoms with Crippen LogP contribution in [0.2, 0.25) is 0 Å². The zero-order chi connectivity index (χ0) is 24.9. The number of aromatic amines is 1. The first-order valence-corrected chi connectivity index (χ1v) is 12.0. The molecule has 3 heterocycles. The van der Waals surface area contributed by atoms with Gasteiger partial charge in [-0.2, -0.15) is 5.26 Å². The van der Waals surface area contributed by atoms with E-state index in [9.17, 15) is 20.1 Å². The molecule has 0 spiro atoms. The lowest BCUT2D eigenvalue weighted by Gasteiger charge is -2.48.